The van der Waals surface area contributed by atoms with Crippen molar-refractivity contribution in [3.63, 3.8) is 0 Å². The van der Waals surface area contributed by atoms with Crippen LogP contribution in [0.2, 0.25) is 5.02 Å². The van der Waals surface area contributed by atoms with Crippen molar-refractivity contribution < 1.29 is 0 Å². The average molecular weight is 381 g/mol. The minimum atomic E-state index is -0.285. The number of pyridine rings is 2. The lowest BCUT2D eigenvalue weighted by molar-refractivity contribution is 0.950. The molecular formula is C19H13ClN4OS. The van der Waals surface area contributed by atoms with E-state index < -0.39 is 0 Å². The highest BCUT2D eigenvalue weighted by atomic mass is 35.5. The van der Waals surface area contributed by atoms with Crippen molar-refractivity contribution in [3.8, 4) is 0 Å². The van der Waals surface area contributed by atoms with E-state index in [4.69, 9.17) is 11.6 Å². The number of fused-ring (bicyclic) bond motifs is 1. The quantitative estimate of drug-likeness (QED) is 0.524. The monoisotopic (exact) mass is 380 g/mol. The van der Waals surface area contributed by atoms with Crippen LogP contribution in [-0.2, 0) is 6.54 Å². The first-order chi connectivity index (χ1) is 12.7. The van der Waals surface area contributed by atoms with Crippen molar-refractivity contribution in [2.75, 3.05) is 4.90 Å². The zero-order valence-corrected chi connectivity index (χ0v) is 15.1. The molecule has 0 saturated carbocycles. The summed E-state index contributed by atoms with van der Waals surface area (Å²) in [5.74, 6) is 0. The highest BCUT2D eigenvalue weighted by molar-refractivity contribution is 7.21. The summed E-state index contributed by atoms with van der Waals surface area (Å²) in [6.07, 6.45) is 5.20. The summed E-state index contributed by atoms with van der Waals surface area (Å²) in [7, 11) is 0. The third kappa shape index (κ3) is 3.42. The molecule has 0 aliphatic rings. The average Bonchev–Trinajstić information content (AvgIpc) is 2.68. The second-order valence-electron chi connectivity index (χ2n) is 5.58. The Morgan fingerprint density at radius 3 is 2.62 bits per heavy atom. The van der Waals surface area contributed by atoms with Crippen LogP contribution in [0.4, 0.5) is 10.8 Å². The number of aromatic nitrogens is 3. The molecule has 0 aliphatic heterocycles. The molecule has 1 aromatic carbocycles. The van der Waals surface area contributed by atoms with Gasteiger partial charge in [0.05, 0.1) is 11.9 Å². The molecule has 4 rings (SSSR count). The van der Waals surface area contributed by atoms with Crippen molar-refractivity contribution in [1.82, 2.24) is 15.0 Å². The van der Waals surface area contributed by atoms with Crippen LogP contribution in [0, 0.1) is 0 Å². The molecule has 7 heteroatoms. The first-order valence-electron chi connectivity index (χ1n) is 7.88. The van der Waals surface area contributed by atoms with Crippen LogP contribution < -0.4 is 10.5 Å². The third-order valence-corrected chi connectivity index (χ3v) is 5.08. The number of nitrogens with zero attached hydrogens (tertiary/aromatic N) is 4. The van der Waals surface area contributed by atoms with Crippen LogP contribution >= 0.6 is 22.9 Å². The Hall–Kier alpha value is -2.83. The van der Waals surface area contributed by atoms with E-state index in [0.717, 1.165) is 11.3 Å². The number of hydrogen-bond donors (Lipinski definition) is 0. The molecule has 0 amide bonds. The van der Waals surface area contributed by atoms with E-state index in [-0.39, 0.29) is 5.56 Å². The zero-order chi connectivity index (χ0) is 17.9. The summed E-state index contributed by atoms with van der Waals surface area (Å²) in [5, 5.41) is 1.75. The summed E-state index contributed by atoms with van der Waals surface area (Å²) in [6, 6.07) is 14.8. The van der Waals surface area contributed by atoms with E-state index >= 15 is 0 Å². The van der Waals surface area contributed by atoms with Crippen LogP contribution in [0.5, 0.6) is 0 Å². The second-order valence-corrected chi connectivity index (χ2v) is 6.97. The smallest absolute Gasteiger partial charge is 0.282 e. The van der Waals surface area contributed by atoms with Crippen molar-refractivity contribution in [3.05, 3.63) is 88.1 Å². The minimum Gasteiger partial charge on any atom is -0.313 e. The molecule has 0 spiro atoms. The fourth-order valence-corrected chi connectivity index (χ4v) is 3.66. The maximum atomic E-state index is 12.4. The van der Waals surface area contributed by atoms with Gasteiger partial charge in [-0.15, -0.1) is 0 Å². The lowest BCUT2D eigenvalue weighted by Gasteiger charge is -2.23. The van der Waals surface area contributed by atoms with Gasteiger partial charge in [-0.05, 0) is 48.0 Å². The van der Waals surface area contributed by atoms with Crippen molar-refractivity contribution in [1.29, 1.82) is 0 Å². The molecular weight excluding hydrogens is 368 g/mol. The van der Waals surface area contributed by atoms with Crippen LogP contribution in [0.1, 0.15) is 5.56 Å². The normalized spacial score (nSPS) is 10.8. The third-order valence-electron chi connectivity index (χ3n) is 3.82. The van der Waals surface area contributed by atoms with Gasteiger partial charge < -0.3 is 4.90 Å². The van der Waals surface area contributed by atoms with Gasteiger partial charge in [-0.2, -0.15) is 4.98 Å². The molecule has 0 aliphatic carbocycles. The topological polar surface area (TPSA) is 59.0 Å². The number of anilines is 2. The molecule has 0 fully saturated rings. The van der Waals surface area contributed by atoms with Crippen LogP contribution in [0.15, 0.2) is 71.9 Å². The van der Waals surface area contributed by atoms with E-state index in [1.54, 1.807) is 30.7 Å². The van der Waals surface area contributed by atoms with Crippen molar-refractivity contribution in [2.24, 2.45) is 0 Å². The summed E-state index contributed by atoms with van der Waals surface area (Å²) >= 11 is 7.40. The predicted molar refractivity (Wildman–Crippen MR) is 105 cm³/mol. The first-order valence-corrected chi connectivity index (χ1v) is 9.08. The lowest BCUT2D eigenvalue weighted by Crippen LogP contribution is -2.20. The molecule has 0 bridgehead atoms. The summed E-state index contributed by atoms with van der Waals surface area (Å²) in [6.45, 7) is 0.525. The Labute approximate surface area is 158 Å². The fourth-order valence-electron chi connectivity index (χ4n) is 2.57. The summed E-state index contributed by atoms with van der Waals surface area (Å²) < 4.78 is 0. The molecule has 0 saturated heterocycles. The number of benzene rings is 1. The Morgan fingerprint density at radius 1 is 1.04 bits per heavy atom. The van der Waals surface area contributed by atoms with E-state index in [0.29, 0.717) is 26.9 Å². The van der Waals surface area contributed by atoms with Gasteiger partial charge in [0.2, 0.25) is 0 Å². The highest BCUT2D eigenvalue weighted by Crippen LogP contribution is 2.31. The van der Waals surface area contributed by atoms with Crippen molar-refractivity contribution in [2.45, 2.75) is 6.54 Å². The van der Waals surface area contributed by atoms with Crippen LogP contribution in [-0.4, -0.2) is 15.0 Å². The van der Waals surface area contributed by atoms with Crippen molar-refractivity contribution >= 4 is 44.0 Å². The molecule has 0 N–H and O–H groups in total. The predicted octanol–water partition coefficient (Wildman–Crippen LogP) is 4.44. The number of hydrogen-bond acceptors (Lipinski definition) is 6. The summed E-state index contributed by atoms with van der Waals surface area (Å²) in [5.41, 5.74) is 1.61. The largest absolute Gasteiger partial charge is 0.313 e. The Balaban J connectivity index is 1.84. The van der Waals surface area contributed by atoms with Gasteiger partial charge in [0.25, 0.3) is 5.56 Å². The van der Waals surface area contributed by atoms with E-state index in [1.165, 1.54) is 11.3 Å². The molecule has 0 radical (unpaired) electrons. The van der Waals surface area contributed by atoms with Gasteiger partial charge in [0.1, 0.15) is 4.83 Å². The number of rotatable bonds is 4. The summed E-state index contributed by atoms with van der Waals surface area (Å²) in [4.78, 5) is 27.8. The maximum Gasteiger partial charge on any atom is 0.282 e. The highest BCUT2D eigenvalue weighted by Gasteiger charge is 2.15. The minimum absolute atomic E-state index is 0.285. The molecule has 4 aromatic rings. The van der Waals surface area contributed by atoms with E-state index in [9.17, 15) is 4.79 Å². The van der Waals surface area contributed by atoms with Gasteiger partial charge in [-0.1, -0.05) is 29.0 Å². The van der Waals surface area contributed by atoms with E-state index in [1.807, 2.05) is 41.3 Å². The van der Waals surface area contributed by atoms with E-state index in [2.05, 4.69) is 15.0 Å². The van der Waals surface area contributed by atoms with Gasteiger partial charge in [-0.3, -0.25) is 9.78 Å². The van der Waals surface area contributed by atoms with Gasteiger partial charge in [-0.25, -0.2) is 4.98 Å². The molecule has 3 aromatic heterocycles. The Bertz CT molecular complexity index is 1100. The molecule has 5 nitrogen and oxygen atoms in total. The molecule has 26 heavy (non-hydrogen) atoms. The maximum absolute atomic E-state index is 12.4. The standard InChI is InChI=1S/C19H13ClN4OS/c20-14-5-7-15(8-6-14)24(12-13-3-1-9-21-11-13)19-23-17(25)16-4-2-10-22-18(16)26-19/h1-11H,12H2. The van der Waals surface area contributed by atoms with Gasteiger partial charge in [0.15, 0.2) is 5.13 Å². The second kappa shape index (κ2) is 7.19. The first kappa shape index (κ1) is 16.6. The van der Waals surface area contributed by atoms with Gasteiger partial charge in [0, 0.05) is 29.3 Å². The molecule has 0 unspecified atom stereocenters. The molecule has 0 atom stereocenters. The zero-order valence-electron chi connectivity index (χ0n) is 13.5. The van der Waals surface area contributed by atoms with Crippen LogP contribution in [0.25, 0.3) is 10.2 Å². The molecule has 128 valence electrons. The molecule has 3 heterocycles. The number of halogens is 1. The lowest BCUT2D eigenvalue weighted by atomic mass is 10.2. The fraction of sp³-hybridized carbons (Fsp3) is 0.0526. The SMILES string of the molecule is O=c1nc(N(Cc2cccnc2)c2ccc(Cl)cc2)sc2ncccc12. The van der Waals surface area contributed by atoms with Gasteiger partial charge >= 0.3 is 0 Å². The van der Waals surface area contributed by atoms with Crippen LogP contribution in [0.3, 0.4) is 0 Å². The Morgan fingerprint density at radius 2 is 1.85 bits per heavy atom. The Kier molecular flexibility index (Phi) is 4.60.